The first-order chi connectivity index (χ1) is 9.92. The Morgan fingerprint density at radius 3 is 2.57 bits per heavy atom. The van der Waals surface area contributed by atoms with Crippen LogP contribution in [0.1, 0.15) is 19.4 Å². The number of piperazine rings is 1. The van der Waals surface area contributed by atoms with Gasteiger partial charge < -0.3 is 10.6 Å². The molecule has 2 amide bonds. The molecule has 1 unspecified atom stereocenters. The zero-order valence-corrected chi connectivity index (χ0v) is 12.1. The molecule has 0 saturated carbocycles. The van der Waals surface area contributed by atoms with Crippen LogP contribution in [-0.4, -0.2) is 30.9 Å². The number of nitriles is 1. The van der Waals surface area contributed by atoms with Gasteiger partial charge in [-0.3, -0.25) is 14.9 Å². The molecule has 1 aliphatic rings. The predicted molar refractivity (Wildman–Crippen MR) is 78.5 cm³/mol. The van der Waals surface area contributed by atoms with Gasteiger partial charge in [-0.25, -0.2) is 0 Å². The van der Waals surface area contributed by atoms with Crippen LogP contribution in [0.15, 0.2) is 24.3 Å². The molecule has 1 heterocycles. The van der Waals surface area contributed by atoms with Crippen molar-refractivity contribution in [3.63, 3.8) is 0 Å². The normalized spacial score (nSPS) is 18.5. The summed E-state index contributed by atoms with van der Waals surface area (Å²) < 4.78 is 0. The molecule has 0 radical (unpaired) electrons. The van der Waals surface area contributed by atoms with E-state index in [0.717, 1.165) is 5.56 Å². The number of nitrogens with zero attached hydrogens (tertiary/aromatic N) is 1. The molecule has 21 heavy (non-hydrogen) atoms. The highest BCUT2D eigenvalue weighted by atomic mass is 16.2. The molecule has 110 valence electrons. The van der Waals surface area contributed by atoms with Crippen LogP contribution in [0.25, 0.3) is 0 Å². The Morgan fingerprint density at radius 2 is 2.05 bits per heavy atom. The third kappa shape index (κ3) is 3.58. The fourth-order valence-corrected chi connectivity index (χ4v) is 2.02. The third-order valence-electron chi connectivity index (χ3n) is 3.48. The quantitative estimate of drug-likeness (QED) is 0.755. The average molecular weight is 286 g/mol. The van der Waals surface area contributed by atoms with E-state index < -0.39 is 11.5 Å². The Bertz CT molecular complexity index is 577. The maximum Gasteiger partial charge on any atom is 0.243 e. The van der Waals surface area contributed by atoms with E-state index in [-0.39, 0.29) is 24.9 Å². The Hall–Kier alpha value is -2.39. The van der Waals surface area contributed by atoms with Crippen LogP contribution in [0.3, 0.4) is 0 Å². The van der Waals surface area contributed by atoms with Gasteiger partial charge in [0.05, 0.1) is 18.0 Å². The lowest BCUT2D eigenvalue weighted by Crippen LogP contribution is -2.56. The van der Waals surface area contributed by atoms with E-state index >= 15 is 0 Å². The first kappa shape index (κ1) is 15.0. The lowest BCUT2D eigenvalue weighted by Gasteiger charge is -2.23. The summed E-state index contributed by atoms with van der Waals surface area (Å²) in [5.41, 5.74) is 1.000. The maximum absolute atomic E-state index is 12.0. The van der Waals surface area contributed by atoms with E-state index in [9.17, 15) is 9.59 Å². The molecular formula is C15H18N4O2. The van der Waals surface area contributed by atoms with Crippen molar-refractivity contribution in [1.29, 1.82) is 5.26 Å². The topological polar surface area (TPSA) is 94.0 Å². The van der Waals surface area contributed by atoms with Crippen molar-refractivity contribution >= 4 is 17.5 Å². The Kier molecular flexibility index (Phi) is 4.24. The first-order valence-electron chi connectivity index (χ1n) is 6.75. The predicted octanol–water partition coefficient (Wildman–Crippen LogP) is 0.514. The van der Waals surface area contributed by atoms with Gasteiger partial charge in [0.25, 0.3) is 0 Å². The number of anilines is 1. The van der Waals surface area contributed by atoms with Crippen molar-refractivity contribution < 1.29 is 9.59 Å². The van der Waals surface area contributed by atoms with E-state index in [2.05, 4.69) is 22.0 Å². The fraction of sp³-hybridized carbons (Fsp3) is 0.400. The van der Waals surface area contributed by atoms with E-state index in [0.29, 0.717) is 5.69 Å². The minimum absolute atomic E-state index is 0.109. The van der Waals surface area contributed by atoms with Crippen LogP contribution in [0.4, 0.5) is 5.69 Å². The van der Waals surface area contributed by atoms with Crippen molar-refractivity contribution in [3.05, 3.63) is 29.8 Å². The van der Waals surface area contributed by atoms with Gasteiger partial charge in [-0.15, -0.1) is 0 Å². The Morgan fingerprint density at radius 1 is 1.38 bits per heavy atom. The molecule has 0 aromatic heterocycles. The van der Waals surface area contributed by atoms with Crippen molar-refractivity contribution in [3.8, 4) is 6.07 Å². The standard InChI is InChI=1S/C15H18N4O2/c1-15(2,9-16)10-3-5-11(6-4-10)19-14(21)12-7-18-13(20)8-17-12/h3-6,12,17H,7-8H2,1-2H3,(H,18,20)(H,19,21). The summed E-state index contributed by atoms with van der Waals surface area (Å²) in [6.45, 7) is 4.11. The second kappa shape index (κ2) is 5.94. The molecule has 1 atom stereocenters. The Balaban J connectivity index is 1.99. The van der Waals surface area contributed by atoms with Gasteiger partial charge in [0.15, 0.2) is 0 Å². The second-order valence-corrected chi connectivity index (χ2v) is 5.54. The number of rotatable bonds is 3. The first-order valence-corrected chi connectivity index (χ1v) is 6.75. The van der Waals surface area contributed by atoms with Gasteiger partial charge in [-0.2, -0.15) is 5.26 Å². The average Bonchev–Trinajstić information content (AvgIpc) is 2.48. The lowest BCUT2D eigenvalue weighted by atomic mass is 9.86. The van der Waals surface area contributed by atoms with Gasteiger partial charge in [0.2, 0.25) is 11.8 Å². The molecule has 0 aliphatic carbocycles. The molecule has 0 spiro atoms. The smallest absolute Gasteiger partial charge is 0.243 e. The molecule has 1 aliphatic heterocycles. The van der Waals surface area contributed by atoms with Gasteiger partial charge in [0, 0.05) is 12.2 Å². The van der Waals surface area contributed by atoms with Crippen molar-refractivity contribution in [2.75, 3.05) is 18.4 Å². The fourth-order valence-electron chi connectivity index (χ4n) is 2.02. The zero-order valence-electron chi connectivity index (χ0n) is 12.1. The summed E-state index contributed by atoms with van der Waals surface area (Å²) in [4.78, 5) is 23.1. The summed E-state index contributed by atoms with van der Waals surface area (Å²) in [6, 6.07) is 9.00. The zero-order chi connectivity index (χ0) is 15.5. The number of carbonyl (C=O) groups excluding carboxylic acids is 2. The molecular weight excluding hydrogens is 268 g/mol. The minimum atomic E-state index is -0.558. The third-order valence-corrected chi connectivity index (χ3v) is 3.48. The molecule has 1 aromatic carbocycles. The van der Waals surface area contributed by atoms with E-state index in [4.69, 9.17) is 5.26 Å². The highest BCUT2D eigenvalue weighted by Crippen LogP contribution is 2.23. The minimum Gasteiger partial charge on any atom is -0.353 e. The van der Waals surface area contributed by atoms with E-state index in [1.165, 1.54) is 0 Å². The second-order valence-electron chi connectivity index (χ2n) is 5.54. The molecule has 6 heteroatoms. The molecule has 2 rings (SSSR count). The van der Waals surface area contributed by atoms with Gasteiger partial charge in [-0.05, 0) is 31.5 Å². The summed E-state index contributed by atoms with van der Waals surface area (Å²) in [5, 5.41) is 17.4. The summed E-state index contributed by atoms with van der Waals surface area (Å²) in [7, 11) is 0. The van der Waals surface area contributed by atoms with Crippen molar-refractivity contribution in [1.82, 2.24) is 10.6 Å². The molecule has 1 fully saturated rings. The molecule has 1 aromatic rings. The van der Waals surface area contributed by atoms with Crippen LogP contribution in [-0.2, 0) is 15.0 Å². The van der Waals surface area contributed by atoms with Crippen LogP contribution < -0.4 is 16.0 Å². The van der Waals surface area contributed by atoms with Gasteiger partial charge in [0.1, 0.15) is 6.04 Å². The molecule has 1 saturated heterocycles. The van der Waals surface area contributed by atoms with Gasteiger partial charge >= 0.3 is 0 Å². The van der Waals surface area contributed by atoms with Gasteiger partial charge in [-0.1, -0.05) is 12.1 Å². The van der Waals surface area contributed by atoms with Crippen LogP contribution in [0.5, 0.6) is 0 Å². The van der Waals surface area contributed by atoms with Crippen LogP contribution in [0, 0.1) is 11.3 Å². The van der Waals surface area contributed by atoms with Crippen LogP contribution >= 0.6 is 0 Å². The number of carbonyl (C=O) groups is 2. The van der Waals surface area contributed by atoms with Crippen molar-refractivity contribution in [2.45, 2.75) is 25.3 Å². The van der Waals surface area contributed by atoms with Crippen molar-refractivity contribution in [2.24, 2.45) is 0 Å². The highest BCUT2D eigenvalue weighted by molar-refractivity contribution is 5.96. The number of hydrogen-bond acceptors (Lipinski definition) is 4. The number of amides is 2. The van der Waals surface area contributed by atoms with Crippen LogP contribution in [0.2, 0.25) is 0 Å². The van der Waals surface area contributed by atoms with E-state index in [1.54, 1.807) is 12.1 Å². The molecule has 0 bridgehead atoms. The highest BCUT2D eigenvalue weighted by Gasteiger charge is 2.24. The molecule has 6 nitrogen and oxygen atoms in total. The largest absolute Gasteiger partial charge is 0.353 e. The monoisotopic (exact) mass is 286 g/mol. The Labute approximate surface area is 123 Å². The summed E-state index contributed by atoms with van der Waals surface area (Å²) in [5.74, 6) is -0.301. The lowest BCUT2D eigenvalue weighted by molar-refractivity contribution is -0.124. The SMILES string of the molecule is CC(C)(C#N)c1ccc(NC(=O)C2CNC(=O)CN2)cc1. The summed E-state index contributed by atoms with van der Waals surface area (Å²) >= 11 is 0. The number of hydrogen-bond donors (Lipinski definition) is 3. The molecule has 3 N–H and O–H groups in total. The number of benzene rings is 1. The number of nitrogens with one attached hydrogen (secondary N) is 3. The maximum atomic E-state index is 12.0. The summed E-state index contributed by atoms with van der Waals surface area (Å²) in [6.07, 6.45) is 0. The van der Waals surface area contributed by atoms with E-state index in [1.807, 2.05) is 26.0 Å².